The number of nitrogen functional groups attached to an aromatic ring is 1. The highest BCUT2D eigenvalue weighted by Gasteiger charge is 2.22. The van der Waals surface area contributed by atoms with Crippen LogP contribution in [0.25, 0.3) is 0 Å². The van der Waals surface area contributed by atoms with Gasteiger partial charge in [0.25, 0.3) is 0 Å². The molecule has 1 fully saturated rings. The minimum absolute atomic E-state index is 0.368. The predicted octanol–water partition coefficient (Wildman–Crippen LogP) is 2.87. The van der Waals surface area contributed by atoms with Crippen molar-refractivity contribution in [3.8, 4) is 0 Å². The Morgan fingerprint density at radius 3 is 2.86 bits per heavy atom. The Morgan fingerprint density at radius 1 is 1.71 bits per heavy atom. The highest BCUT2D eigenvalue weighted by atomic mass is 35.5. The quantitative estimate of drug-likeness (QED) is 0.839. The molecule has 0 amide bonds. The lowest BCUT2D eigenvalue weighted by molar-refractivity contribution is 0.251. The molecule has 14 heavy (non-hydrogen) atoms. The van der Waals surface area contributed by atoms with Gasteiger partial charge in [0.2, 0.25) is 0 Å². The summed E-state index contributed by atoms with van der Waals surface area (Å²) in [5.74, 6) is 1.46. The van der Waals surface area contributed by atoms with E-state index in [0.717, 1.165) is 5.92 Å². The maximum absolute atomic E-state index is 5.85. The fourth-order valence-electron chi connectivity index (χ4n) is 2.01. The lowest BCUT2D eigenvalue weighted by atomic mass is 9.81. The Kier molecular flexibility index (Phi) is 2.68. The Morgan fingerprint density at radius 2 is 2.43 bits per heavy atom. The van der Waals surface area contributed by atoms with Crippen molar-refractivity contribution in [2.24, 2.45) is 5.92 Å². The van der Waals surface area contributed by atoms with Crippen LogP contribution in [-0.4, -0.2) is 9.78 Å². The van der Waals surface area contributed by atoms with Gasteiger partial charge in [-0.25, -0.2) is 4.68 Å². The molecule has 1 aliphatic rings. The van der Waals surface area contributed by atoms with E-state index in [-0.39, 0.29) is 0 Å². The van der Waals surface area contributed by atoms with Crippen LogP contribution in [0, 0.1) is 5.92 Å². The Labute approximate surface area is 89.2 Å². The van der Waals surface area contributed by atoms with Crippen molar-refractivity contribution in [3.05, 3.63) is 11.2 Å². The van der Waals surface area contributed by atoms with Crippen molar-refractivity contribution >= 4 is 17.4 Å². The van der Waals surface area contributed by atoms with E-state index in [2.05, 4.69) is 12.0 Å². The van der Waals surface area contributed by atoms with Crippen LogP contribution in [-0.2, 0) is 0 Å². The van der Waals surface area contributed by atoms with E-state index in [4.69, 9.17) is 17.3 Å². The summed E-state index contributed by atoms with van der Waals surface area (Å²) in [4.78, 5) is 0. The molecule has 1 aromatic heterocycles. The number of nitrogens with zero attached hydrogens (tertiary/aromatic N) is 2. The Hall–Kier alpha value is -0.700. The van der Waals surface area contributed by atoms with Gasteiger partial charge in [-0.2, -0.15) is 5.10 Å². The molecule has 0 bridgehead atoms. The van der Waals surface area contributed by atoms with Crippen molar-refractivity contribution < 1.29 is 0 Å². The van der Waals surface area contributed by atoms with Crippen LogP contribution in [0.4, 0.5) is 5.82 Å². The Balaban J connectivity index is 2.02. The standard InChI is InChI=1S/C10H16ClN3/c1-7(5-8-3-2-4-8)14-10(12)9(11)6-13-14/h6-8H,2-5,12H2,1H3. The van der Waals surface area contributed by atoms with Crippen LogP contribution in [0.1, 0.15) is 38.6 Å². The molecule has 1 aliphatic carbocycles. The second-order valence-electron chi connectivity index (χ2n) is 4.20. The highest BCUT2D eigenvalue weighted by Crippen LogP contribution is 2.34. The van der Waals surface area contributed by atoms with E-state index in [1.54, 1.807) is 6.20 Å². The van der Waals surface area contributed by atoms with Crippen LogP contribution < -0.4 is 5.73 Å². The summed E-state index contributed by atoms with van der Waals surface area (Å²) in [7, 11) is 0. The number of aromatic nitrogens is 2. The van der Waals surface area contributed by atoms with Crippen LogP contribution >= 0.6 is 11.6 Å². The summed E-state index contributed by atoms with van der Waals surface area (Å²) >= 11 is 5.85. The third kappa shape index (κ3) is 1.73. The molecule has 1 heterocycles. The average Bonchev–Trinajstić information content (AvgIpc) is 2.41. The fourth-order valence-corrected chi connectivity index (χ4v) is 2.14. The monoisotopic (exact) mass is 213 g/mol. The van der Waals surface area contributed by atoms with E-state index in [1.165, 1.54) is 25.7 Å². The SMILES string of the molecule is CC(CC1CCC1)n1ncc(Cl)c1N. The topological polar surface area (TPSA) is 43.8 Å². The lowest BCUT2D eigenvalue weighted by Gasteiger charge is -2.28. The third-order valence-corrected chi connectivity index (χ3v) is 3.39. The van der Waals surface area contributed by atoms with Crippen LogP contribution in [0.15, 0.2) is 6.20 Å². The number of anilines is 1. The molecule has 0 spiro atoms. The first-order valence-electron chi connectivity index (χ1n) is 5.17. The van der Waals surface area contributed by atoms with E-state index >= 15 is 0 Å². The summed E-state index contributed by atoms with van der Waals surface area (Å²) in [5.41, 5.74) is 5.81. The number of hydrogen-bond acceptors (Lipinski definition) is 2. The van der Waals surface area contributed by atoms with Crippen molar-refractivity contribution in [3.63, 3.8) is 0 Å². The van der Waals surface area contributed by atoms with Gasteiger partial charge in [0.1, 0.15) is 10.8 Å². The fraction of sp³-hybridized carbons (Fsp3) is 0.700. The molecule has 0 radical (unpaired) electrons. The first-order chi connectivity index (χ1) is 6.68. The molecule has 1 unspecified atom stereocenters. The van der Waals surface area contributed by atoms with Gasteiger partial charge < -0.3 is 5.73 Å². The van der Waals surface area contributed by atoms with Gasteiger partial charge in [0.15, 0.2) is 0 Å². The van der Waals surface area contributed by atoms with Crippen LogP contribution in [0.2, 0.25) is 5.02 Å². The first-order valence-corrected chi connectivity index (χ1v) is 5.54. The second kappa shape index (κ2) is 3.81. The molecule has 0 saturated heterocycles. The van der Waals surface area contributed by atoms with E-state index in [1.807, 2.05) is 4.68 Å². The number of nitrogens with two attached hydrogens (primary N) is 1. The zero-order valence-electron chi connectivity index (χ0n) is 8.41. The van der Waals surface area contributed by atoms with Gasteiger partial charge in [0.05, 0.1) is 12.2 Å². The summed E-state index contributed by atoms with van der Waals surface area (Å²) in [6.07, 6.45) is 6.89. The summed E-state index contributed by atoms with van der Waals surface area (Å²) < 4.78 is 1.83. The average molecular weight is 214 g/mol. The number of halogens is 1. The molecule has 78 valence electrons. The van der Waals surface area contributed by atoms with Gasteiger partial charge >= 0.3 is 0 Å². The van der Waals surface area contributed by atoms with Gasteiger partial charge in [-0.3, -0.25) is 0 Å². The van der Waals surface area contributed by atoms with Gasteiger partial charge in [-0.05, 0) is 19.3 Å². The molecule has 1 saturated carbocycles. The molecule has 0 aromatic carbocycles. The Bertz CT molecular complexity index is 317. The lowest BCUT2D eigenvalue weighted by Crippen LogP contribution is -2.18. The normalized spacial score (nSPS) is 19.3. The van der Waals surface area contributed by atoms with Gasteiger partial charge in [-0.15, -0.1) is 0 Å². The number of hydrogen-bond donors (Lipinski definition) is 1. The molecule has 4 heteroatoms. The smallest absolute Gasteiger partial charge is 0.140 e. The van der Waals surface area contributed by atoms with Crippen molar-refractivity contribution in [2.45, 2.75) is 38.6 Å². The predicted molar refractivity (Wildman–Crippen MR) is 58.3 cm³/mol. The van der Waals surface area contributed by atoms with Crippen LogP contribution in [0.5, 0.6) is 0 Å². The second-order valence-corrected chi connectivity index (χ2v) is 4.61. The zero-order valence-corrected chi connectivity index (χ0v) is 9.17. The first kappa shape index (κ1) is 9.84. The molecule has 1 aromatic rings. The van der Waals surface area contributed by atoms with Crippen molar-refractivity contribution in [1.29, 1.82) is 0 Å². The molecule has 2 rings (SSSR count). The zero-order chi connectivity index (χ0) is 10.1. The highest BCUT2D eigenvalue weighted by molar-refractivity contribution is 6.32. The molecule has 2 N–H and O–H groups in total. The molecule has 0 aliphatic heterocycles. The largest absolute Gasteiger partial charge is 0.383 e. The van der Waals surface area contributed by atoms with E-state index in [0.29, 0.717) is 16.9 Å². The van der Waals surface area contributed by atoms with Gasteiger partial charge in [0, 0.05) is 0 Å². The summed E-state index contributed by atoms with van der Waals surface area (Å²) in [6, 6.07) is 0.368. The van der Waals surface area contributed by atoms with E-state index in [9.17, 15) is 0 Å². The van der Waals surface area contributed by atoms with Crippen LogP contribution in [0.3, 0.4) is 0 Å². The minimum atomic E-state index is 0.368. The minimum Gasteiger partial charge on any atom is -0.383 e. The maximum Gasteiger partial charge on any atom is 0.140 e. The molecular formula is C10H16ClN3. The third-order valence-electron chi connectivity index (χ3n) is 3.10. The maximum atomic E-state index is 5.85. The van der Waals surface area contributed by atoms with E-state index < -0.39 is 0 Å². The molecule has 1 atom stereocenters. The van der Waals surface area contributed by atoms with Crippen molar-refractivity contribution in [1.82, 2.24) is 9.78 Å². The van der Waals surface area contributed by atoms with Crippen molar-refractivity contribution in [2.75, 3.05) is 5.73 Å². The molecular weight excluding hydrogens is 198 g/mol. The molecule has 3 nitrogen and oxygen atoms in total. The van der Waals surface area contributed by atoms with Gasteiger partial charge in [-0.1, -0.05) is 30.9 Å². The number of rotatable bonds is 3. The summed E-state index contributed by atoms with van der Waals surface area (Å²) in [5, 5.41) is 4.75. The summed E-state index contributed by atoms with van der Waals surface area (Å²) in [6.45, 7) is 2.15.